The van der Waals surface area contributed by atoms with Crippen LogP contribution in [-0.2, 0) is 0 Å². The van der Waals surface area contributed by atoms with Crippen molar-refractivity contribution >= 4 is 11.5 Å². The van der Waals surface area contributed by atoms with Crippen molar-refractivity contribution in [2.75, 3.05) is 13.1 Å². The number of rotatable bonds is 2. The Kier molecular flexibility index (Phi) is 2.37. The lowest BCUT2D eigenvalue weighted by Crippen LogP contribution is -2.19. The molecule has 0 unspecified atom stereocenters. The maximum atomic E-state index is 10.6. The second-order valence-electron chi connectivity index (χ2n) is 3.15. The zero-order valence-electron chi connectivity index (χ0n) is 7.62. The van der Waals surface area contributed by atoms with Gasteiger partial charge in [-0.05, 0) is 30.7 Å². The summed E-state index contributed by atoms with van der Waals surface area (Å²) >= 11 is 0. The molecule has 2 N–H and O–H groups in total. The van der Waals surface area contributed by atoms with Crippen LogP contribution in [0.4, 0.5) is 0 Å². The third-order valence-corrected chi connectivity index (χ3v) is 2.20. The van der Waals surface area contributed by atoms with Crippen LogP contribution >= 0.6 is 0 Å². The fraction of sp³-hybridized carbons (Fsp3) is 0.300. The number of nitrogens with one attached hydrogen (secondary N) is 1. The first kappa shape index (κ1) is 9.02. The van der Waals surface area contributed by atoms with Gasteiger partial charge in [0.25, 0.3) is 0 Å². The molecule has 0 fully saturated rings. The van der Waals surface area contributed by atoms with Crippen LogP contribution in [0.5, 0.6) is 0 Å². The number of carboxylic acid groups (broad SMARTS) is 1. The van der Waals surface area contributed by atoms with E-state index in [1.54, 1.807) is 6.07 Å². The highest BCUT2D eigenvalue weighted by atomic mass is 16.4. The normalized spacial score (nSPS) is 16.4. The Morgan fingerprint density at radius 2 is 2.36 bits per heavy atom. The molecule has 0 atom stereocenters. The van der Waals surface area contributed by atoms with Crippen molar-refractivity contribution in [3.05, 3.63) is 29.7 Å². The minimum atomic E-state index is -1.02. The second kappa shape index (κ2) is 3.67. The highest BCUT2D eigenvalue weighted by Crippen LogP contribution is 2.21. The van der Waals surface area contributed by atoms with E-state index in [4.69, 9.17) is 9.52 Å². The summed E-state index contributed by atoms with van der Waals surface area (Å²) in [6.45, 7) is 1.73. The van der Waals surface area contributed by atoms with Crippen molar-refractivity contribution in [3.8, 4) is 0 Å². The Bertz CT molecular complexity index is 378. The third kappa shape index (κ3) is 1.70. The molecule has 1 aliphatic heterocycles. The van der Waals surface area contributed by atoms with Crippen molar-refractivity contribution in [1.29, 1.82) is 0 Å². The Morgan fingerprint density at radius 3 is 2.93 bits per heavy atom. The molecule has 0 aromatic carbocycles. The molecule has 0 radical (unpaired) electrons. The first-order valence-corrected chi connectivity index (χ1v) is 4.50. The standard InChI is InChI=1S/C10H11NO3/c12-10(13)9-2-1-8(14-9)7-3-5-11-6-4-7/h1-3,11H,4-6H2,(H,12,13). The first-order valence-electron chi connectivity index (χ1n) is 4.50. The zero-order valence-corrected chi connectivity index (χ0v) is 7.62. The number of hydrogen-bond acceptors (Lipinski definition) is 3. The molecule has 0 saturated carbocycles. The van der Waals surface area contributed by atoms with Crippen molar-refractivity contribution in [3.63, 3.8) is 0 Å². The predicted molar refractivity (Wildman–Crippen MR) is 51.1 cm³/mol. The molecule has 74 valence electrons. The smallest absolute Gasteiger partial charge is 0.371 e. The second-order valence-corrected chi connectivity index (χ2v) is 3.15. The van der Waals surface area contributed by atoms with Gasteiger partial charge in [0, 0.05) is 6.54 Å². The van der Waals surface area contributed by atoms with Crippen molar-refractivity contribution in [2.45, 2.75) is 6.42 Å². The first-order chi connectivity index (χ1) is 6.77. The van der Waals surface area contributed by atoms with Crippen LogP contribution in [0.15, 0.2) is 22.6 Å². The average molecular weight is 193 g/mol. The Labute approximate surface area is 81.2 Å². The number of carbonyl (C=O) groups is 1. The van der Waals surface area contributed by atoms with E-state index in [1.165, 1.54) is 6.07 Å². The summed E-state index contributed by atoms with van der Waals surface area (Å²) in [5, 5.41) is 11.9. The van der Waals surface area contributed by atoms with Gasteiger partial charge in [-0.25, -0.2) is 4.79 Å². The minimum Gasteiger partial charge on any atom is -0.475 e. The van der Waals surface area contributed by atoms with Gasteiger partial charge >= 0.3 is 5.97 Å². The van der Waals surface area contributed by atoms with Gasteiger partial charge in [0.2, 0.25) is 5.76 Å². The topological polar surface area (TPSA) is 62.5 Å². The molecule has 0 bridgehead atoms. The third-order valence-electron chi connectivity index (χ3n) is 2.20. The lowest BCUT2D eigenvalue weighted by Gasteiger charge is -2.11. The van der Waals surface area contributed by atoms with Crippen LogP contribution in [0, 0.1) is 0 Å². The Hall–Kier alpha value is -1.55. The summed E-state index contributed by atoms with van der Waals surface area (Å²) in [7, 11) is 0. The van der Waals surface area contributed by atoms with Crippen molar-refractivity contribution in [2.24, 2.45) is 0 Å². The molecule has 2 rings (SSSR count). The molecule has 1 aliphatic rings. The summed E-state index contributed by atoms with van der Waals surface area (Å²) in [6, 6.07) is 3.20. The molecule has 14 heavy (non-hydrogen) atoms. The molecule has 4 nitrogen and oxygen atoms in total. The lowest BCUT2D eigenvalue weighted by atomic mass is 10.1. The van der Waals surface area contributed by atoms with E-state index in [2.05, 4.69) is 5.32 Å². The lowest BCUT2D eigenvalue weighted by molar-refractivity contribution is 0.0662. The highest BCUT2D eigenvalue weighted by molar-refractivity contribution is 5.85. The Balaban J connectivity index is 2.23. The SMILES string of the molecule is O=C(O)c1ccc(C2=CCNCC2)o1. The number of aromatic carboxylic acids is 1. The monoisotopic (exact) mass is 193 g/mol. The molecule has 0 saturated heterocycles. The van der Waals surface area contributed by atoms with E-state index in [1.807, 2.05) is 6.08 Å². The van der Waals surface area contributed by atoms with E-state index in [0.717, 1.165) is 25.1 Å². The van der Waals surface area contributed by atoms with Crippen molar-refractivity contribution in [1.82, 2.24) is 5.32 Å². The molecular weight excluding hydrogens is 182 g/mol. The predicted octanol–water partition coefficient (Wildman–Crippen LogP) is 1.35. The fourth-order valence-electron chi connectivity index (χ4n) is 1.47. The van der Waals surface area contributed by atoms with E-state index >= 15 is 0 Å². The zero-order chi connectivity index (χ0) is 9.97. The van der Waals surface area contributed by atoms with E-state index in [9.17, 15) is 4.79 Å². The molecule has 1 aromatic rings. The summed E-state index contributed by atoms with van der Waals surface area (Å²) in [5.41, 5.74) is 1.08. The largest absolute Gasteiger partial charge is 0.475 e. The molecule has 0 aliphatic carbocycles. The van der Waals surface area contributed by atoms with Gasteiger partial charge < -0.3 is 14.8 Å². The van der Waals surface area contributed by atoms with Gasteiger partial charge in [-0.15, -0.1) is 0 Å². The van der Waals surface area contributed by atoms with Gasteiger partial charge in [-0.3, -0.25) is 0 Å². The number of carboxylic acids is 1. The van der Waals surface area contributed by atoms with Gasteiger partial charge in [-0.1, -0.05) is 6.08 Å². The number of furan rings is 1. The summed E-state index contributed by atoms with van der Waals surface area (Å²) in [4.78, 5) is 10.6. The Morgan fingerprint density at radius 1 is 1.50 bits per heavy atom. The van der Waals surface area contributed by atoms with Crippen LogP contribution in [-0.4, -0.2) is 24.2 Å². The van der Waals surface area contributed by atoms with E-state index in [0.29, 0.717) is 5.76 Å². The molecule has 0 spiro atoms. The maximum absolute atomic E-state index is 10.6. The molecule has 0 amide bonds. The summed E-state index contributed by atoms with van der Waals surface area (Å²) < 4.78 is 5.19. The number of hydrogen-bond donors (Lipinski definition) is 2. The van der Waals surface area contributed by atoms with Gasteiger partial charge in [-0.2, -0.15) is 0 Å². The molecule has 4 heteroatoms. The molecule has 2 heterocycles. The van der Waals surface area contributed by atoms with E-state index < -0.39 is 5.97 Å². The van der Waals surface area contributed by atoms with Gasteiger partial charge in [0.1, 0.15) is 5.76 Å². The average Bonchev–Trinajstić information content (AvgIpc) is 2.68. The van der Waals surface area contributed by atoms with Crippen molar-refractivity contribution < 1.29 is 14.3 Å². The van der Waals surface area contributed by atoms with Crippen LogP contribution in [0.2, 0.25) is 0 Å². The fourth-order valence-corrected chi connectivity index (χ4v) is 1.47. The molecule has 1 aromatic heterocycles. The van der Waals surface area contributed by atoms with Crippen LogP contribution < -0.4 is 5.32 Å². The summed E-state index contributed by atoms with van der Waals surface area (Å²) in [6.07, 6.45) is 2.90. The maximum Gasteiger partial charge on any atom is 0.371 e. The quantitative estimate of drug-likeness (QED) is 0.744. The van der Waals surface area contributed by atoms with Crippen LogP contribution in [0.1, 0.15) is 22.7 Å². The van der Waals surface area contributed by atoms with Gasteiger partial charge in [0.05, 0.1) is 0 Å². The van der Waals surface area contributed by atoms with Crippen LogP contribution in [0.3, 0.4) is 0 Å². The van der Waals surface area contributed by atoms with E-state index in [-0.39, 0.29) is 5.76 Å². The minimum absolute atomic E-state index is 0.000525. The van der Waals surface area contributed by atoms with Crippen LogP contribution in [0.25, 0.3) is 5.57 Å². The van der Waals surface area contributed by atoms with Gasteiger partial charge in [0.15, 0.2) is 0 Å². The molecular formula is C10H11NO3. The highest BCUT2D eigenvalue weighted by Gasteiger charge is 2.13. The summed E-state index contributed by atoms with van der Waals surface area (Å²) in [5.74, 6) is -0.353.